The van der Waals surface area contributed by atoms with Crippen LogP contribution in [0.15, 0.2) is 42.5 Å². The first-order valence-corrected chi connectivity index (χ1v) is 8.21. The summed E-state index contributed by atoms with van der Waals surface area (Å²) in [4.78, 5) is 30.2. The lowest BCUT2D eigenvalue weighted by Crippen LogP contribution is -2.12. The number of nitrogens with zero attached hydrogens (tertiary/aromatic N) is 2. The van der Waals surface area contributed by atoms with Gasteiger partial charge in [0.15, 0.2) is 0 Å². The van der Waals surface area contributed by atoms with Gasteiger partial charge >= 0.3 is 0 Å². The van der Waals surface area contributed by atoms with Gasteiger partial charge in [0, 0.05) is 30.0 Å². The minimum Gasteiger partial charge on any atom is -0.338 e. The molecule has 2 N–H and O–H groups in total. The van der Waals surface area contributed by atoms with Crippen molar-refractivity contribution < 1.29 is 9.72 Å². The Kier molecular flexibility index (Phi) is 4.95. The van der Waals surface area contributed by atoms with Crippen molar-refractivity contribution in [1.82, 2.24) is 9.97 Å². The van der Waals surface area contributed by atoms with Crippen LogP contribution in [0.1, 0.15) is 12.8 Å². The number of alkyl halides is 1. The Morgan fingerprint density at radius 3 is 2.80 bits per heavy atom. The van der Waals surface area contributed by atoms with Gasteiger partial charge in [0.05, 0.1) is 21.6 Å². The Morgan fingerprint density at radius 1 is 1.28 bits per heavy atom. The number of aromatic nitrogens is 2. The van der Waals surface area contributed by atoms with Crippen LogP contribution < -0.4 is 5.32 Å². The minimum atomic E-state index is -0.503. The highest BCUT2D eigenvalue weighted by Crippen LogP contribution is 2.31. The average Bonchev–Trinajstić information content (AvgIpc) is 3.03. The Balaban J connectivity index is 2.02. The normalized spacial score (nSPS) is 10.8. The van der Waals surface area contributed by atoms with Gasteiger partial charge in [-0.1, -0.05) is 12.1 Å². The van der Waals surface area contributed by atoms with Crippen molar-refractivity contribution in [3.05, 3.63) is 52.6 Å². The Labute approximate surface area is 148 Å². The van der Waals surface area contributed by atoms with Gasteiger partial charge in [0.1, 0.15) is 5.82 Å². The molecule has 3 rings (SSSR count). The number of rotatable bonds is 6. The summed E-state index contributed by atoms with van der Waals surface area (Å²) in [5.41, 5.74) is 2.44. The molecule has 0 saturated carbocycles. The summed E-state index contributed by atoms with van der Waals surface area (Å²) in [6.45, 7) is 0. The number of benzene rings is 2. The van der Waals surface area contributed by atoms with E-state index in [9.17, 15) is 14.9 Å². The molecule has 0 aliphatic heterocycles. The highest BCUT2D eigenvalue weighted by atomic mass is 35.5. The Hall–Kier alpha value is -2.93. The van der Waals surface area contributed by atoms with Crippen LogP contribution in [0.4, 0.5) is 11.4 Å². The van der Waals surface area contributed by atoms with Crippen molar-refractivity contribution in [2.45, 2.75) is 12.8 Å². The lowest BCUT2D eigenvalue weighted by atomic mass is 10.1. The second-order valence-corrected chi connectivity index (χ2v) is 5.81. The van der Waals surface area contributed by atoms with Crippen LogP contribution in [0.5, 0.6) is 0 Å². The third-order valence-corrected chi connectivity index (χ3v) is 3.94. The van der Waals surface area contributed by atoms with Crippen molar-refractivity contribution in [3.8, 4) is 11.4 Å². The summed E-state index contributed by atoms with van der Waals surface area (Å²) in [5, 5.41) is 13.8. The van der Waals surface area contributed by atoms with Crippen LogP contribution >= 0.6 is 11.6 Å². The molecule has 1 heterocycles. The third-order valence-electron chi connectivity index (χ3n) is 3.67. The van der Waals surface area contributed by atoms with Crippen LogP contribution in [-0.4, -0.2) is 26.7 Å². The molecule has 0 fully saturated rings. The summed E-state index contributed by atoms with van der Waals surface area (Å²) < 4.78 is 0. The number of carbonyl (C=O) groups excluding carboxylic acids is 1. The van der Waals surface area contributed by atoms with E-state index < -0.39 is 4.92 Å². The van der Waals surface area contributed by atoms with Crippen LogP contribution in [-0.2, 0) is 4.79 Å². The quantitative estimate of drug-likeness (QED) is 0.393. The maximum absolute atomic E-state index is 12.0. The van der Waals surface area contributed by atoms with E-state index in [1.807, 2.05) is 24.3 Å². The fraction of sp³-hybridized carbons (Fsp3) is 0.176. The molecule has 1 aromatic heterocycles. The molecule has 0 atom stereocenters. The van der Waals surface area contributed by atoms with Crippen LogP contribution in [0.2, 0.25) is 0 Å². The van der Waals surface area contributed by atoms with Gasteiger partial charge in [-0.2, -0.15) is 0 Å². The second kappa shape index (κ2) is 7.31. The number of anilines is 1. The number of fused-ring (bicyclic) bond motifs is 1. The molecule has 0 radical (unpaired) electrons. The predicted octanol–water partition coefficient (Wildman–Crippen LogP) is 4.10. The van der Waals surface area contributed by atoms with E-state index in [-0.39, 0.29) is 18.0 Å². The molecule has 25 heavy (non-hydrogen) atoms. The van der Waals surface area contributed by atoms with Crippen molar-refractivity contribution in [3.63, 3.8) is 0 Å². The van der Waals surface area contributed by atoms with Crippen molar-refractivity contribution >= 4 is 39.9 Å². The lowest BCUT2D eigenvalue weighted by Gasteiger charge is -2.09. The molecule has 0 aliphatic rings. The van der Waals surface area contributed by atoms with Gasteiger partial charge in [-0.05, 0) is 24.6 Å². The summed E-state index contributed by atoms with van der Waals surface area (Å²) in [7, 11) is 0. The van der Waals surface area contributed by atoms with E-state index in [1.165, 1.54) is 12.1 Å². The molecule has 0 unspecified atom stereocenters. The summed E-state index contributed by atoms with van der Waals surface area (Å²) >= 11 is 5.60. The number of halogens is 1. The zero-order valence-electron chi connectivity index (χ0n) is 13.2. The standard InChI is InChI=1S/C17H15ClN4O3/c18-9-3-6-16(23)19-15-10-11(22(24)25)7-8-12(15)17-20-13-4-1-2-5-14(13)21-17/h1-2,4-5,7-8,10H,3,6,9H2,(H,19,23)(H,20,21). The molecular weight excluding hydrogens is 344 g/mol. The van der Waals surface area contributed by atoms with Crippen molar-refractivity contribution in [2.75, 3.05) is 11.2 Å². The first kappa shape index (κ1) is 16.9. The first-order valence-electron chi connectivity index (χ1n) is 7.68. The fourth-order valence-corrected chi connectivity index (χ4v) is 2.61. The topological polar surface area (TPSA) is 101 Å². The number of hydrogen-bond donors (Lipinski definition) is 2. The van der Waals surface area contributed by atoms with Crippen LogP contribution in [0.25, 0.3) is 22.4 Å². The van der Waals surface area contributed by atoms with E-state index >= 15 is 0 Å². The average molecular weight is 359 g/mol. The van der Waals surface area contributed by atoms with Gasteiger partial charge in [0.2, 0.25) is 5.91 Å². The zero-order valence-corrected chi connectivity index (χ0v) is 13.9. The lowest BCUT2D eigenvalue weighted by molar-refractivity contribution is -0.384. The van der Waals surface area contributed by atoms with Gasteiger partial charge in [-0.25, -0.2) is 4.98 Å². The first-order chi connectivity index (χ1) is 12.1. The number of nitro benzene ring substituents is 1. The maximum atomic E-state index is 12.0. The van der Waals surface area contributed by atoms with E-state index in [2.05, 4.69) is 15.3 Å². The van der Waals surface area contributed by atoms with Gasteiger partial charge in [-0.15, -0.1) is 11.6 Å². The van der Waals surface area contributed by atoms with Crippen molar-refractivity contribution in [1.29, 1.82) is 0 Å². The summed E-state index contributed by atoms with van der Waals surface area (Å²) in [5.74, 6) is 0.654. The molecule has 1 amide bonds. The molecule has 8 heteroatoms. The van der Waals surface area contributed by atoms with Crippen LogP contribution in [0.3, 0.4) is 0 Å². The SMILES string of the molecule is O=C(CCCCl)Nc1cc([N+](=O)[O-])ccc1-c1nc2ccccc2[nH]1. The highest BCUT2D eigenvalue weighted by molar-refractivity contribution is 6.18. The molecule has 0 saturated heterocycles. The predicted molar refractivity (Wildman–Crippen MR) is 96.8 cm³/mol. The molecule has 7 nitrogen and oxygen atoms in total. The minimum absolute atomic E-state index is 0.104. The number of non-ortho nitro benzene ring substituents is 1. The number of carbonyl (C=O) groups is 1. The second-order valence-electron chi connectivity index (χ2n) is 5.43. The van der Waals surface area contributed by atoms with Gasteiger partial charge in [-0.3, -0.25) is 14.9 Å². The maximum Gasteiger partial charge on any atom is 0.271 e. The van der Waals surface area contributed by atoms with Gasteiger partial charge in [0.25, 0.3) is 5.69 Å². The number of H-pyrrole nitrogens is 1. The van der Waals surface area contributed by atoms with Crippen molar-refractivity contribution in [2.24, 2.45) is 0 Å². The number of amides is 1. The number of nitrogens with one attached hydrogen (secondary N) is 2. The fourth-order valence-electron chi connectivity index (χ4n) is 2.48. The number of nitro groups is 1. The summed E-state index contributed by atoms with van der Waals surface area (Å²) in [6.07, 6.45) is 0.772. The molecular formula is C17H15ClN4O3. The molecule has 128 valence electrons. The van der Waals surface area contributed by atoms with E-state index in [0.717, 1.165) is 11.0 Å². The number of hydrogen-bond acceptors (Lipinski definition) is 4. The van der Waals surface area contributed by atoms with E-state index in [4.69, 9.17) is 11.6 Å². The zero-order chi connectivity index (χ0) is 17.8. The van der Waals surface area contributed by atoms with E-state index in [1.54, 1.807) is 6.07 Å². The van der Waals surface area contributed by atoms with Gasteiger partial charge < -0.3 is 10.3 Å². The number of imidazole rings is 1. The Morgan fingerprint density at radius 2 is 2.08 bits per heavy atom. The smallest absolute Gasteiger partial charge is 0.271 e. The van der Waals surface area contributed by atoms with E-state index in [0.29, 0.717) is 29.4 Å². The molecule has 3 aromatic rings. The molecule has 2 aromatic carbocycles. The number of aromatic amines is 1. The largest absolute Gasteiger partial charge is 0.338 e. The van der Waals surface area contributed by atoms with Crippen LogP contribution in [0, 0.1) is 10.1 Å². The number of para-hydroxylation sites is 2. The molecule has 0 aliphatic carbocycles. The monoisotopic (exact) mass is 358 g/mol. The Bertz CT molecular complexity index is 906. The third kappa shape index (κ3) is 3.77. The molecule has 0 bridgehead atoms. The highest BCUT2D eigenvalue weighted by Gasteiger charge is 2.16. The summed E-state index contributed by atoms with van der Waals surface area (Å²) in [6, 6.07) is 11.8. The molecule has 0 spiro atoms.